The molecule has 0 atom stereocenters. The van der Waals surface area contributed by atoms with Gasteiger partial charge in [-0.05, 0) is 38.2 Å². The Hall–Kier alpha value is -1.02. The lowest BCUT2D eigenvalue weighted by Gasteiger charge is -2.20. The van der Waals surface area contributed by atoms with Crippen LogP contribution in [-0.4, -0.2) is 12.1 Å². The van der Waals surface area contributed by atoms with Crippen molar-refractivity contribution in [2.24, 2.45) is 0 Å². The normalized spacial score (nSPS) is 15.1. The van der Waals surface area contributed by atoms with Gasteiger partial charge in [0.15, 0.2) is 0 Å². The molecule has 0 unspecified atom stereocenters. The van der Waals surface area contributed by atoms with Crippen LogP contribution >= 0.6 is 0 Å². The number of ether oxygens (including phenoxy) is 1. The van der Waals surface area contributed by atoms with Crippen molar-refractivity contribution < 1.29 is 4.74 Å². The van der Waals surface area contributed by atoms with Gasteiger partial charge < -0.3 is 10.1 Å². The van der Waals surface area contributed by atoms with E-state index in [1.54, 1.807) is 0 Å². The van der Waals surface area contributed by atoms with E-state index in [9.17, 15) is 0 Å². The molecular formula is C16H25NO. The molecule has 2 nitrogen and oxygen atoms in total. The summed E-state index contributed by atoms with van der Waals surface area (Å²) < 4.78 is 6.19. The second kappa shape index (κ2) is 6.24. The van der Waals surface area contributed by atoms with E-state index in [4.69, 9.17) is 4.74 Å². The summed E-state index contributed by atoms with van der Waals surface area (Å²) in [6.07, 6.45) is 5.13. The monoisotopic (exact) mass is 247 g/mol. The molecule has 2 heteroatoms. The SMILES string of the molecule is CCC(CC)Oc1c(C)cccc1CNC1CC1. The van der Waals surface area contributed by atoms with Crippen molar-refractivity contribution in [3.63, 3.8) is 0 Å². The van der Waals surface area contributed by atoms with Crippen LogP contribution in [0.15, 0.2) is 18.2 Å². The van der Waals surface area contributed by atoms with Gasteiger partial charge in [0.25, 0.3) is 0 Å². The van der Waals surface area contributed by atoms with Crippen LogP contribution in [0.3, 0.4) is 0 Å². The Balaban J connectivity index is 2.08. The van der Waals surface area contributed by atoms with Gasteiger partial charge in [-0.1, -0.05) is 32.0 Å². The molecule has 18 heavy (non-hydrogen) atoms. The molecule has 1 saturated carbocycles. The van der Waals surface area contributed by atoms with Crippen LogP contribution in [0.4, 0.5) is 0 Å². The third-order valence-electron chi connectivity index (χ3n) is 3.65. The van der Waals surface area contributed by atoms with Gasteiger partial charge in [0, 0.05) is 18.2 Å². The Morgan fingerprint density at radius 2 is 2.00 bits per heavy atom. The van der Waals surface area contributed by atoms with Gasteiger partial charge >= 0.3 is 0 Å². The molecule has 0 aliphatic heterocycles. The van der Waals surface area contributed by atoms with Crippen molar-refractivity contribution in [2.45, 2.75) is 65.1 Å². The quantitative estimate of drug-likeness (QED) is 0.791. The Morgan fingerprint density at radius 3 is 2.61 bits per heavy atom. The molecule has 100 valence electrons. The standard InChI is InChI=1S/C16H25NO/c1-4-15(5-2)18-16-12(3)7-6-8-13(16)11-17-14-9-10-14/h6-8,14-15,17H,4-5,9-11H2,1-3H3. The van der Waals surface area contributed by atoms with E-state index >= 15 is 0 Å². The average Bonchev–Trinajstić information content (AvgIpc) is 3.19. The molecule has 1 aromatic carbocycles. The maximum atomic E-state index is 6.19. The fraction of sp³-hybridized carbons (Fsp3) is 0.625. The van der Waals surface area contributed by atoms with E-state index in [-0.39, 0.29) is 0 Å². The number of nitrogens with one attached hydrogen (secondary N) is 1. The predicted octanol–water partition coefficient (Wildman–Crippen LogP) is 3.81. The van der Waals surface area contributed by atoms with E-state index in [2.05, 4.69) is 44.3 Å². The first-order valence-electron chi connectivity index (χ1n) is 7.23. The number of hydrogen-bond donors (Lipinski definition) is 1. The molecule has 1 aliphatic carbocycles. The second-order valence-corrected chi connectivity index (χ2v) is 5.27. The molecule has 0 aromatic heterocycles. The maximum Gasteiger partial charge on any atom is 0.127 e. The predicted molar refractivity (Wildman–Crippen MR) is 76.0 cm³/mol. The van der Waals surface area contributed by atoms with E-state index in [0.29, 0.717) is 6.10 Å². The zero-order valence-electron chi connectivity index (χ0n) is 11.8. The minimum Gasteiger partial charge on any atom is -0.490 e. The highest BCUT2D eigenvalue weighted by atomic mass is 16.5. The molecule has 0 saturated heterocycles. The van der Waals surface area contributed by atoms with Crippen molar-refractivity contribution in [1.29, 1.82) is 0 Å². The number of rotatable bonds is 7. The lowest BCUT2D eigenvalue weighted by Crippen LogP contribution is -2.19. The number of hydrogen-bond acceptors (Lipinski definition) is 2. The number of benzene rings is 1. The molecule has 1 aromatic rings. The summed E-state index contributed by atoms with van der Waals surface area (Å²) in [6.45, 7) is 7.45. The highest BCUT2D eigenvalue weighted by Crippen LogP contribution is 2.27. The Labute approximate surface area is 111 Å². The zero-order valence-corrected chi connectivity index (χ0v) is 11.8. The minimum atomic E-state index is 0.339. The fourth-order valence-electron chi connectivity index (χ4n) is 2.18. The summed E-state index contributed by atoms with van der Waals surface area (Å²) in [4.78, 5) is 0. The smallest absolute Gasteiger partial charge is 0.127 e. The largest absolute Gasteiger partial charge is 0.490 e. The van der Waals surface area contributed by atoms with Crippen molar-refractivity contribution in [2.75, 3.05) is 0 Å². The first-order chi connectivity index (χ1) is 8.74. The summed E-state index contributed by atoms with van der Waals surface area (Å²) in [5.74, 6) is 1.10. The third-order valence-corrected chi connectivity index (χ3v) is 3.65. The molecule has 0 bridgehead atoms. The van der Waals surface area contributed by atoms with Crippen molar-refractivity contribution >= 4 is 0 Å². The molecule has 1 N–H and O–H groups in total. The van der Waals surface area contributed by atoms with Crippen LogP contribution in [0.5, 0.6) is 5.75 Å². The van der Waals surface area contributed by atoms with Gasteiger partial charge in [-0.25, -0.2) is 0 Å². The molecule has 0 spiro atoms. The molecule has 1 fully saturated rings. The van der Waals surface area contributed by atoms with Crippen molar-refractivity contribution in [3.8, 4) is 5.75 Å². The highest BCUT2D eigenvalue weighted by molar-refractivity contribution is 5.41. The van der Waals surface area contributed by atoms with E-state index in [1.165, 1.54) is 24.0 Å². The lowest BCUT2D eigenvalue weighted by atomic mass is 10.1. The summed E-state index contributed by atoms with van der Waals surface area (Å²) in [5, 5.41) is 3.57. The maximum absolute atomic E-state index is 6.19. The van der Waals surface area contributed by atoms with Gasteiger partial charge in [0.05, 0.1) is 6.10 Å². The van der Waals surface area contributed by atoms with E-state index < -0.39 is 0 Å². The van der Waals surface area contributed by atoms with Crippen molar-refractivity contribution in [1.82, 2.24) is 5.32 Å². The molecule has 0 heterocycles. The van der Waals surface area contributed by atoms with Crippen molar-refractivity contribution in [3.05, 3.63) is 29.3 Å². The Kier molecular flexibility index (Phi) is 4.65. The average molecular weight is 247 g/mol. The number of para-hydroxylation sites is 1. The highest BCUT2D eigenvalue weighted by Gasteiger charge is 2.21. The summed E-state index contributed by atoms with van der Waals surface area (Å²) >= 11 is 0. The second-order valence-electron chi connectivity index (χ2n) is 5.27. The van der Waals surface area contributed by atoms with Gasteiger partial charge in [-0.15, -0.1) is 0 Å². The summed E-state index contributed by atoms with van der Waals surface area (Å²) in [7, 11) is 0. The summed E-state index contributed by atoms with van der Waals surface area (Å²) in [6, 6.07) is 7.18. The molecular weight excluding hydrogens is 222 g/mol. The zero-order chi connectivity index (χ0) is 13.0. The number of aryl methyl sites for hydroxylation is 1. The van der Waals surface area contributed by atoms with Gasteiger partial charge in [0.2, 0.25) is 0 Å². The van der Waals surface area contributed by atoms with E-state index in [1.807, 2.05) is 0 Å². The molecule has 0 radical (unpaired) electrons. The van der Waals surface area contributed by atoms with Gasteiger partial charge in [-0.3, -0.25) is 0 Å². The molecule has 2 rings (SSSR count). The fourth-order valence-corrected chi connectivity index (χ4v) is 2.18. The van der Waals surface area contributed by atoms with Crippen LogP contribution < -0.4 is 10.1 Å². The van der Waals surface area contributed by atoms with Crippen LogP contribution in [0, 0.1) is 6.92 Å². The van der Waals surface area contributed by atoms with E-state index in [0.717, 1.165) is 31.2 Å². The molecule has 1 aliphatic rings. The van der Waals surface area contributed by atoms with Crippen LogP contribution in [-0.2, 0) is 6.54 Å². The Morgan fingerprint density at radius 1 is 1.28 bits per heavy atom. The van der Waals surface area contributed by atoms with Crippen LogP contribution in [0.1, 0.15) is 50.7 Å². The minimum absolute atomic E-state index is 0.339. The lowest BCUT2D eigenvalue weighted by molar-refractivity contribution is 0.189. The van der Waals surface area contributed by atoms with Gasteiger partial charge in [0.1, 0.15) is 5.75 Å². The third kappa shape index (κ3) is 3.49. The summed E-state index contributed by atoms with van der Waals surface area (Å²) in [5.41, 5.74) is 2.55. The van der Waals surface area contributed by atoms with Gasteiger partial charge in [-0.2, -0.15) is 0 Å². The molecule has 0 amide bonds. The first kappa shape index (κ1) is 13.4. The first-order valence-corrected chi connectivity index (χ1v) is 7.23. The topological polar surface area (TPSA) is 21.3 Å². The van der Waals surface area contributed by atoms with Crippen LogP contribution in [0.2, 0.25) is 0 Å². The van der Waals surface area contributed by atoms with Crippen LogP contribution in [0.25, 0.3) is 0 Å². The Bertz CT molecular complexity index is 381.